The molecule has 0 spiro atoms. The molecule has 1 amide bonds. The Morgan fingerprint density at radius 2 is 1.89 bits per heavy atom. The van der Waals surface area contributed by atoms with Crippen LogP contribution >= 0.6 is 11.6 Å². The van der Waals surface area contributed by atoms with E-state index in [4.69, 9.17) is 25.7 Å². The summed E-state index contributed by atoms with van der Waals surface area (Å²) in [5.74, 6) is 0.892. The van der Waals surface area contributed by atoms with Crippen LogP contribution in [0, 0.1) is 0 Å². The number of carbonyl (C=O) groups is 1. The Bertz CT molecular complexity index is 985. The van der Waals surface area contributed by atoms with Crippen molar-refractivity contribution in [2.24, 2.45) is 0 Å². The van der Waals surface area contributed by atoms with Crippen LogP contribution in [0.2, 0.25) is 5.02 Å². The van der Waals surface area contributed by atoms with Gasteiger partial charge in [0.05, 0.1) is 14.2 Å². The van der Waals surface area contributed by atoms with Gasteiger partial charge in [0, 0.05) is 16.7 Å². The highest BCUT2D eigenvalue weighted by molar-refractivity contribution is 6.32. The van der Waals surface area contributed by atoms with Crippen LogP contribution in [0.4, 0.5) is 5.82 Å². The van der Waals surface area contributed by atoms with Crippen molar-refractivity contribution in [3.05, 3.63) is 59.1 Å². The number of anilines is 1. The fraction of sp³-hybridized carbons (Fsp3) is 0.105. The summed E-state index contributed by atoms with van der Waals surface area (Å²) in [6.07, 6.45) is 2.97. The van der Waals surface area contributed by atoms with E-state index in [2.05, 4.69) is 15.6 Å². The molecule has 7 nitrogen and oxygen atoms in total. The van der Waals surface area contributed by atoms with Gasteiger partial charge in [0.25, 0.3) is 0 Å². The SMILES string of the molecule is COc1ccc(-c2nonc2NC(=O)/C=C/c2ccccc2Cl)cc1OC. The van der Waals surface area contributed by atoms with Gasteiger partial charge < -0.3 is 14.8 Å². The summed E-state index contributed by atoms with van der Waals surface area (Å²) in [6, 6.07) is 12.4. The van der Waals surface area contributed by atoms with Gasteiger partial charge >= 0.3 is 0 Å². The molecule has 3 aromatic rings. The summed E-state index contributed by atoms with van der Waals surface area (Å²) in [4.78, 5) is 12.2. The predicted octanol–water partition coefficient (Wildman–Crippen LogP) is 4.06. The molecule has 2 aromatic carbocycles. The molecule has 0 saturated carbocycles. The lowest BCUT2D eigenvalue weighted by Gasteiger charge is -2.08. The third kappa shape index (κ3) is 4.27. The van der Waals surface area contributed by atoms with Gasteiger partial charge in [-0.1, -0.05) is 29.8 Å². The van der Waals surface area contributed by atoms with E-state index in [1.807, 2.05) is 12.1 Å². The van der Waals surface area contributed by atoms with Crippen LogP contribution in [0.5, 0.6) is 11.5 Å². The summed E-state index contributed by atoms with van der Waals surface area (Å²) < 4.78 is 15.3. The number of hydrogen-bond donors (Lipinski definition) is 1. The van der Waals surface area contributed by atoms with Crippen LogP contribution in [-0.2, 0) is 4.79 Å². The first-order chi connectivity index (χ1) is 13.1. The fourth-order valence-corrected chi connectivity index (χ4v) is 2.58. The highest BCUT2D eigenvalue weighted by atomic mass is 35.5. The number of ether oxygens (including phenoxy) is 2. The van der Waals surface area contributed by atoms with Gasteiger partial charge in [-0.2, -0.15) is 0 Å². The second-order valence-electron chi connectivity index (χ2n) is 5.38. The standard InChI is InChI=1S/C19H16ClN3O4/c1-25-15-9-7-13(11-16(15)26-2)18-19(23-27-22-18)21-17(24)10-8-12-5-3-4-6-14(12)20/h3-11H,1-2H3,(H,21,23,24)/b10-8+. The number of hydrogen-bond acceptors (Lipinski definition) is 6. The zero-order valence-electron chi connectivity index (χ0n) is 14.6. The van der Waals surface area contributed by atoms with Crippen LogP contribution in [0.1, 0.15) is 5.56 Å². The monoisotopic (exact) mass is 385 g/mol. The summed E-state index contributed by atoms with van der Waals surface area (Å²) in [5.41, 5.74) is 1.75. The normalized spacial score (nSPS) is 10.8. The van der Waals surface area contributed by atoms with Crippen LogP contribution in [-0.4, -0.2) is 30.4 Å². The van der Waals surface area contributed by atoms with Gasteiger partial charge in [-0.15, -0.1) is 0 Å². The van der Waals surface area contributed by atoms with Gasteiger partial charge in [0.15, 0.2) is 17.2 Å². The van der Waals surface area contributed by atoms with Crippen molar-refractivity contribution in [2.45, 2.75) is 0 Å². The zero-order chi connectivity index (χ0) is 19.2. The molecule has 0 saturated heterocycles. The third-order valence-electron chi connectivity index (χ3n) is 3.71. The van der Waals surface area contributed by atoms with E-state index in [1.165, 1.54) is 13.2 Å². The fourth-order valence-electron chi connectivity index (χ4n) is 2.38. The second kappa shape index (κ2) is 8.37. The number of nitrogens with one attached hydrogen (secondary N) is 1. The molecule has 1 N–H and O–H groups in total. The smallest absolute Gasteiger partial charge is 0.249 e. The maximum atomic E-state index is 12.2. The predicted molar refractivity (Wildman–Crippen MR) is 102 cm³/mol. The van der Waals surface area contributed by atoms with E-state index in [0.29, 0.717) is 27.8 Å². The van der Waals surface area contributed by atoms with E-state index in [1.54, 1.807) is 43.5 Å². The number of amides is 1. The highest BCUT2D eigenvalue weighted by Crippen LogP contribution is 2.33. The van der Waals surface area contributed by atoms with Gasteiger partial charge in [-0.05, 0) is 46.2 Å². The minimum atomic E-state index is -0.396. The number of nitrogens with zero attached hydrogens (tertiary/aromatic N) is 2. The molecule has 0 unspecified atom stereocenters. The Balaban J connectivity index is 1.79. The summed E-state index contributed by atoms with van der Waals surface area (Å²) in [7, 11) is 3.08. The molecule has 0 atom stereocenters. The first-order valence-corrected chi connectivity index (χ1v) is 8.28. The van der Waals surface area contributed by atoms with Crippen molar-refractivity contribution in [3.63, 3.8) is 0 Å². The summed E-state index contributed by atoms with van der Waals surface area (Å²) >= 11 is 6.07. The van der Waals surface area contributed by atoms with Gasteiger partial charge in [-0.3, -0.25) is 4.79 Å². The minimum Gasteiger partial charge on any atom is -0.493 e. The quantitative estimate of drug-likeness (QED) is 0.644. The number of rotatable bonds is 6. The molecule has 3 rings (SSSR count). The molecule has 138 valence electrons. The van der Waals surface area contributed by atoms with Crippen molar-refractivity contribution in [1.82, 2.24) is 10.3 Å². The van der Waals surface area contributed by atoms with Crippen molar-refractivity contribution >= 4 is 29.4 Å². The molecule has 1 heterocycles. The van der Waals surface area contributed by atoms with E-state index in [-0.39, 0.29) is 5.82 Å². The maximum Gasteiger partial charge on any atom is 0.249 e. The van der Waals surface area contributed by atoms with E-state index < -0.39 is 5.91 Å². The third-order valence-corrected chi connectivity index (χ3v) is 4.05. The Morgan fingerprint density at radius 1 is 1.11 bits per heavy atom. The first kappa shape index (κ1) is 18.5. The van der Waals surface area contributed by atoms with Crippen LogP contribution in [0.3, 0.4) is 0 Å². The molecule has 0 radical (unpaired) electrons. The molecule has 0 aliphatic carbocycles. The maximum absolute atomic E-state index is 12.2. The molecular formula is C19H16ClN3O4. The lowest BCUT2D eigenvalue weighted by Crippen LogP contribution is -2.09. The number of carbonyl (C=O) groups excluding carboxylic acids is 1. The number of halogens is 1. The molecule has 8 heteroatoms. The molecular weight excluding hydrogens is 370 g/mol. The minimum absolute atomic E-state index is 0.191. The Kier molecular flexibility index (Phi) is 5.73. The average molecular weight is 386 g/mol. The lowest BCUT2D eigenvalue weighted by molar-refractivity contribution is -0.111. The molecule has 0 bridgehead atoms. The topological polar surface area (TPSA) is 86.5 Å². The molecule has 1 aromatic heterocycles. The summed E-state index contributed by atoms with van der Waals surface area (Å²) in [6.45, 7) is 0. The van der Waals surface area contributed by atoms with E-state index >= 15 is 0 Å². The molecule has 27 heavy (non-hydrogen) atoms. The zero-order valence-corrected chi connectivity index (χ0v) is 15.4. The highest BCUT2D eigenvalue weighted by Gasteiger charge is 2.16. The van der Waals surface area contributed by atoms with Gasteiger partial charge in [-0.25, -0.2) is 4.63 Å². The number of benzene rings is 2. The Morgan fingerprint density at radius 3 is 2.63 bits per heavy atom. The number of methoxy groups -OCH3 is 2. The van der Waals surface area contributed by atoms with Crippen molar-refractivity contribution < 1.29 is 18.9 Å². The van der Waals surface area contributed by atoms with E-state index in [9.17, 15) is 4.79 Å². The van der Waals surface area contributed by atoms with Crippen molar-refractivity contribution in [1.29, 1.82) is 0 Å². The summed E-state index contributed by atoms with van der Waals surface area (Å²) in [5, 5.41) is 10.8. The second-order valence-corrected chi connectivity index (χ2v) is 5.78. The lowest BCUT2D eigenvalue weighted by atomic mass is 10.1. The van der Waals surface area contributed by atoms with Crippen molar-refractivity contribution in [3.8, 4) is 22.8 Å². The van der Waals surface area contributed by atoms with Crippen LogP contribution < -0.4 is 14.8 Å². The van der Waals surface area contributed by atoms with Gasteiger partial charge in [0.2, 0.25) is 11.7 Å². The van der Waals surface area contributed by atoms with E-state index in [0.717, 1.165) is 5.56 Å². The van der Waals surface area contributed by atoms with Crippen molar-refractivity contribution in [2.75, 3.05) is 19.5 Å². The molecule has 0 aliphatic rings. The first-order valence-electron chi connectivity index (χ1n) is 7.91. The molecule has 0 fully saturated rings. The molecule has 0 aliphatic heterocycles. The Labute approximate surface area is 160 Å². The van der Waals surface area contributed by atoms with Crippen LogP contribution in [0.15, 0.2) is 53.2 Å². The van der Waals surface area contributed by atoms with Crippen LogP contribution in [0.25, 0.3) is 17.3 Å². The largest absolute Gasteiger partial charge is 0.493 e. The number of aromatic nitrogens is 2. The van der Waals surface area contributed by atoms with Gasteiger partial charge in [0.1, 0.15) is 0 Å². The Hall–Kier alpha value is -3.32. The average Bonchev–Trinajstić information content (AvgIpc) is 3.14.